The molecule has 0 radical (unpaired) electrons. The highest BCUT2D eigenvalue weighted by atomic mass is 15.0. The van der Waals surface area contributed by atoms with Gasteiger partial charge in [-0.05, 0) is 43.7 Å². The normalized spacial score (nSPS) is 21.9. The number of hydrogen-bond acceptors (Lipinski definition) is 1. The van der Waals surface area contributed by atoms with Crippen LogP contribution < -0.4 is 5.32 Å². The Morgan fingerprint density at radius 2 is 1.50 bits per heavy atom. The van der Waals surface area contributed by atoms with Crippen LogP contribution in [0, 0.1) is 0 Å². The molecule has 1 saturated heterocycles. The van der Waals surface area contributed by atoms with Gasteiger partial charge >= 0.3 is 0 Å². The summed E-state index contributed by atoms with van der Waals surface area (Å²) in [7, 11) is 0. The summed E-state index contributed by atoms with van der Waals surface area (Å²) >= 11 is 0. The minimum atomic E-state index is 0.515. The van der Waals surface area contributed by atoms with E-state index in [-0.39, 0.29) is 0 Å². The highest BCUT2D eigenvalue weighted by molar-refractivity contribution is 5.32. The van der Waals surface area contributed by atoms with Crippen molar-refractivity contribution in [1.82, 2.24) is 5.32 Å². The van der Waals surface area contributed by atoms with Crippen LogP contribution in [0.4, 0.5) is 0 Å². The number of nitrogens with one attached hydrogen (secondary N) is 1. The monoisotopic (exact) mass is 293 g/mol. The largest absolute Gasteiger partial charge is 0.312 e. The molecule has 1 aliphatic rings. The third-order valence-corrected chi connectivity index (χ3v) is 4.92. The average molecular weight is 293 g/mol. The summed E-state index contributed by atoms with van der Waals surface area (Å²) < 4.78 is 0. The Hall–Kier alpha value is -1.60. The first-order valence-corrected chi connectivity index (χ1v) is 8.69. The SMILES string of the molecule is CC1CCCC(CCC(c2ccccc2)c2ccccc2)N1. The molecule has 1 heteroatoms. The van der Waals surface area contributed by atoms with E-state index < -0.39 is 0 Å². The molecule has 116 valence electrons. The molecule has 2 aromatic carbocycles. The van der Waals surface area contributed by atoms with Gasteiger partial charge < -0.3 is 5.32 Å². The van der Waals surface area contributed by atoms with Crippen LogP contribution in [0.3, 0.4) is 0 Å². The van der Waals surface area contributed by atoms with E-state index in [4.69, 9.17) is 0 Å². The van der Waals surface area contributed by atoms with Crippen molar-refractivity contribution in [1.29, 1.82) is 0 Å². The van der Waals surface area contributed by atoms with Gasteiger partial charge in [0, 0.05) is 18.0 Å². The molecular formula is C21H27N. The van der Waals surface area contributed by atoms with E-state index in [1.54, 1.807) is 0 Å². The summed E-state index contributed by atoms with van der Waals surface area (Å²) in [5.41, 5.74) is 2.88. The molecule has 1 aliphatic heterocycles. The Kier molecular flexibility index (Phi) is 5.29. The number of hydrogen-bond donors (Lipinski definition) is 1. The van der Waals surface area contributed by atoms with Gasteiger partial charge in [0.2, 0.25) is 0 Å². The lowest BCUT2D eigenvalue weighted by atomic mass is 9.85. The molecule has 22 heavy (non-hydrogen) atoms. The van der Waals surface area contributed by atoms with E-state index in [2.05, 4.69) is 72.9 Å². The van der Waals surface area contributed by atoms with E-state index in [1.807, 2.05) is 0 Å². The summed E-state index contributed by atoms with van der Waals surface area (Å²) in [5, 5.41) is 3.77. The summed E-state index contributed by atoms with van der Waals surface area (Å²) in [5.74, 6) is 0.515. The molecule has 2 aromatic rings. The Labute approximate surface area is 134 Å². The summed E-state index contributed by atoms with van der Waals surface area (Å²) in [6.45, 7) is 2.32. The highest BCUT2D eigenvalue weighted by Crippen LogP contribution is 2.30. The average Bonchev–Trinajstić information content (AvgIpc) is 2.57. The quantitative estimate of drug-likeness (QED) is 0.806. The van der Waals surface area contributed by atoms with Crippen molar-refractivity contribution in [3.05, 3.63) is 71.8 Å². The fraction of sp³-hybridized carbons (Fsp3) is 0.429. The standard InChI is InChI=1S/C21H27N/c1-17-9-8-14-20(22-17)15-16-21(18-10-4-2-5-11-18)19-12-6-3-7-13-19/h2-7,10-13,17,20-22H,8-9,14-16H2,1H3. The van der Waals surface area contributed by atoms with E-state index >= 15 is 0 Å². The third-order valence-electron chi connectivity index (χ3n) is 4.92. The maximum absolute atomic E-state index is 3.77. The first-order chi connectivity index (χ1) is 10.8. The fourth-order valence-electron chi connectivity index (χ4n) is 3.73. The topological polar surface area (TPSA) is 12.0 Å². The van der Waals surface area contributed by atoms with E-state index in [0.717, 1.165) is 0 Å². The van der Waals surface area contributed by atoms with Crippen LogP contribution in [0.1, 0.15) is 56.1 Å². The van der Waals surface area contributed by atoms with Crippen molar-refractivity contribution >= 4 is 0 Å². The van der Waals surface area contributed by atoms with Crippen molar-refractivity contribution < 1.29 is 0 Å². The maximum Gasteiger partial charge on any atom is 0.00899 e. The summed E-state index contributed by atoms with van der Waals surface area (Å²) in [6.07, 6.45) is 6.52. The summed E-state index contributed by atoms with van der Waals surface area (Å²) in [6, 6.07) is 23.3. The molecule has 1 N–H and O–H groups in total. The van der Waals surface area contributed by atoms with Crippen molar-refractivity contribution in [3.63, 3.8) is 0 Å². The first kappa shape index (κ1) is 15.3. The van der Waals surface area contributed by atoms with Gasteiger partial charge in [0.1, 0.15) is 0 Å². The Balaban J connectivity index is 1.72. The molecule has 0 bridgehead atoms. The van der Waals surface area contributed by atoms with Gasteiger partial charge in [0.05, 0.1) is 0 Å². The minimum absolute atomic E-state index is 0.515. The molecule has 0 saturated carbocycles. The zero-order chi connectivity index (χ0) is 15.2. The van der Waals surface area contributed by atoms with Gasteiger partial charge in [-0.15, -0.1) is 0 Å². The van der Waals surface area contributed by atoms with Crippen LogP contribution in [0.2, 0.25) is 0 Å². The van der Waals surface area contributed by atoms with Crippen LogP contribution in [0.5, 0.6) is 0 Å². The molecule has 2 unspecified atom stereocenters. The predicted molar refractivity (Wildman–Crippen MR) is 94.2 cm³/mol. The van der Waals surface area contributed by atoms with Crippen LogP contribution in [0.15, 0.2) is 60.7 Å². The molecule has 1 fully saturated rings. The van der Waals surface area contributed by atoms with Crippen LogP contribution >= 0.6 is 0 Å². The van der Waals surface area contributed by atoms with E-state index in [9.17, 15) is 0 Å². The zero-order valence-corrected chi connectivity index (χ0v) is 13.5. The van der Waals surface area contributed by atoms with Gasteiger partial charge in [-0.25, -0.2) is 0 Å². The van der Waals surface area contributed by atoms with Gasteiger partial charge in [-0.2, -0.15) is 0 Å². The molecule has 3 rings (SSSR count). The molecule has 2 atom stereocenters. The number of rotatable bonds is 5. The van der Waals surface area contributed by atoms with Gasteiger partial charge in [-0.3, -0.25) is 0 Å². The van der Waals surface area contributed by atoms with Gasteiger partial charge in [0.15, 0.2) is 0 Å². The summed E-state index contributed by atoms with van der Waals surface area (Å²) in [4.78, 5) is 0. The second-order valence-corrected chi connectivity index (χ2v) is 6.65. The Morgan fingerprint density at radius 3 is 2.05 bits per heavy atom. The van der Waals surface area contributed by atoms with E-state index in [0.29, 0.717) is 18.0 Å². The molecule has 0 spiro atoms. The second-order valence-electron chi connectivity index (χ2n) is 6.65. The lowest BCUT2D eigenvalue weighted by molar-refractivity contribution is 0.314. The van der Waals surface area contributed by atoms with Crippen LogP contribution in [-0.4, -0.2) is 12.1 Å². The highest BCUT2D eigenvalue weighted by Gasteiger charge is 2.20. The fourth-order valence-corrected chi connectivity index (χ4v) is 3.73. The molecule has 1 heterocycles. The predicted octanol–water partition coefficient (Wildman–Crippen LogP) is 5.13. The third kappa shape index (κ3) is 3.98. The number of benzene rings is 2. The lowest BCUT2D eigenvalue weighted by Gasteiger charge is -2.30. The first-order valence-electron chi connectivity index (χ1n) is 8.69. The molecule has 0 aliphatic carbocycles. The van der Waals surface area contributed by atoms with Crippen molar-refractivity contribution in [3.8, 4) is 0 Å². The molecule has 1 nitrogen and oxygen atoms in total. The minimum Gasteiger partial charge on any atom is -0.312 e. The zero-order valence-electron chi connectivity index (χ0n) is 13.5. The van der Waals surface area contributed by atoms with E-state index in [1.165, 1.54) is 43.2 Å². The van der Waals surface area contributed by atoms with Crippen LogP contribution in [-0.2, 0) is 0 Å². The Morgan fingerprint density at radius 1 is 0.909 bits per heavy atom. The number of piperidine rings is 1. The van der Waals surface area contributed by atoms with Crippen molar-refractivity contribution in [2.45, 2.75) is 57.0 Å². The van der Waals surface area contributed by atoms with Gasteiger partial charge in [-0.1, -0.05) is 67.1 Å². The molecule has 0 aromatic heterocycles. The molecule has 0 amide bonds. The lowest BCUT2D eigenvalue weighted by Crippen LogP contribution is -2.40. The molecular weight excluding hydrogens is 266 g/mol. The smallest absolute Gasteiger partial charge is 0.00899 e. The van der Waals surface area contributed by atoms with Gasteiger partial charge in [0.25, 0.3) is 0 Å². The van der Waals surface area contributed by atoms with Crippen LogP contribution in [0.25, 0.3) is 0 Å². The van der Waals surface area contributed by atoms with Crippen molar-refractivity contribution in [2.75, 3.05) is 0 Å². The van der Waals surface area contributed by atoms with Crippen molar-refractivity contribution in [2.24, 2.45) is 0 Å². The Bertz CT molecular complexity index is 509. The maximum atomic E-state index is 3.77. The second kappa shape index (κ2) is 7.60.